The molecule has 1 rings (SSSR count). The standard InChI is InChI=1S/C7H12O4.C4H4O6/c1-4(8)6(3)11-7(10)5(2)9;5-1-2(6)10-4(8)3(7)9-1/h5-6,9H,1-3H3;1,4-5,8H/t5-,6-;1-,4-/m01/s1. The van der Waals surface area contributed by atoms with E-state index >= 15 is 0 Å². The molecule has 0 bridgehead atoms. The number of ether oxygens (including phenoxy) is 3. The molecule has 21 heavy (non-hydrogen) atoms. The van der Waals surface area contributed by atoms with Crippen LogP contribution in [-0.4, -0.2) is 63.8 Å². The summed E-state index contributed by atoms with van der Waals surface area (Å²) in [6.07, 6.45) is -5.75. The highest BCUT2D eigenvalue weighted by atomic mass is 16.7. The number of rotatable bonds is 3. The molecular formula is C11H16O10. The van der Waals surface area contributed by atoms with Crippen molar-refractivity contribution in [1.29, 1.82) is 0 Å². The summed E-state index contributed by atoms with van der Waals surface area (Å²) in [6.45, 7) is 4.07. The quantitative estimate of drug-likeness (QED) is 0.379. The van der Waals surface area contributed by atoms with Gasteiger partial charge in [-0.2, -0.15) is 0 Å². The number of carbonyl (C=O) groups is 4. The predicted molar refractivity (Wildman–Crippen MR) is 62.1 cm³/mol. The Morgan fingerprint density at radius 3 is 1.76 bits per heavy atom. The van der Waals surface area contributed by atoms with Crippen molar-refractivity contribution in [1.82, 2.24) is 0 Å². The average Bonchev–Trinajstić information content (AvgIpc) is 2.37. The van der Waals surface area contributed by atoms with E-state index in [4.69, 9.17) is 15.3 Å². The van der Waals surface area contributed by atoms with Crippen LogP contribution in [0.3, 0.4) is 0 Å². The minimum Gasteiger partial charge on any atom is -0.453 e. The maximum absolute atomic E-state index is 10.6. The molecule has 0 aromatic rings. The second-order valence-electron chi connectivity index (χ2n) is 3.94. The van der Waals surface area contributed by atoms with Crippen LogP contribution in [0.25, 0.3) is 0 Å². The third-order valence-corrected chi connectivity index (χ3v) is 2.07. The fraction of sp³-hybridized carbons (Fsp3) is 0.636. The van der Waals surface area contributed by atoms with Gasteiger partial charge in [-0.3, -0.25) is 4.79 Å². The van der Waals surface area contributed by atoms with Crippen molar-refractivity contribution >= 4 is 23.7 Å². The molecule has 120 valence electrons. The minimum atomic E-state index is -1.91. The van der Waals surface area contributed by atoms with Crippen LogP contribution in [0, 0.1) is 0 Å². The molecular weight excluding hydrogens is 292 g/mol. The van der Waals surface area contributed by atoms with Gasteiger partial charge in [0.2, 0.25) is 0 Å². The van der Waals surface area contributed by atoms with Gasteiger partial charge < -0.3 is 29.5 Å². The lowest BCUT2D eigenvalue weighted by Crippen LogP contribution is -2.43. The molecule has 4 atom stereocenters. The van der Waals surface area contributed by atoms with E-state index < -0.39 is 42.7 Å². The van der Waals surface area contributed by atoms with Crippen LogP contribution in [0.4, 0.5) is 0 Å². The van der Waals surface area contributed by atoms with Crippen molar-refractivity contribution < 1.29 is 48.7 Å². The molecule has 1 aliphatic heterocycles. The van der Waals surface area contributed by atoms with Crippen molar-refractivity contribution in [2.45, 2.75) is 45.6 Å². The molecule has 3 N–H and O–H groups in total. The van der Waals surface area contributed by atoms with E-state index in [1.807, 2.05) is 0 Å². The summed E-state index contributed by atoms with van der Waals surface area (Å²) < 4.78 is 12.3. The molecule has 0 unspecified atom stereocenters. The number of cyclic esters (lactones) is 2. The molecule has 0 spiro atoms. The van der Waals surface area contributed by atoms with Gasteiger partial charge in [0, 0.05) is 0 Å². The number of ketones is 1. The van der Waals surface area contributed by atoms with E-state index in [-0.39, 0.29) is 5.78 Å². The van der Waals surface area contributed by atoms with E-state index in [1.165, 1.54) is 20.8 Å². The first kappa shape index (κ1) is 19.0. The van der Waals surface area contributed by atoms with E-state index in [0.29, 0.717) is 0 Å². The fourth-order valence-electron chi connectivity index (χ4n) is 0.788. The Morgan fingerprint density at radius 2 is 1.48 bits per heavy atom. The van der Waals surface area contributed by atoms with Crippen LogP contribution in [0.5, 0.6) is 0 Å². The van der Waals surface area contributed by atoms with E-state index in [1.54, 1.807) is 0 Å². The summed E-state index contributed by atoms with van der Waals surface area (Å²) in [5.74, 6) is -3.36. The number of esters is 3. The minimum absolute atomic E-state index is 0.237. The van der Waals surface area contributed by atoms with Gasteiger partial charge in [-0.25, -0.2) is 14.4 Å². The largest absolute Gasteiger partial charge is 0.453 e. The van der Waals surface area contributed by atoms with Crippen LogP contribution in [0.2, 0.25) is 0 Å². The molecule has 1 fully saturated rings. The van der Waals surface area contributed by atoms with Gasteiger partial charge in [-0.05, 0) is 20.8 Å². The Hall–Kier alpha value is -2.04. The average molecular weight is 308 g/mol. The number of carbonyl (C=O) groups excluding carboxylic acids is 4. The summed E-state index contributed by atoms with van der Waals surface area (Å²) >= 11 is 0. The molecule has 0 aromatic carbocycles. The second kappa shape index (κ2) is 8.29. The van der Waals surface area contributed by atoms with E-state index in [0.717, 1.165) is 0 Å². The third kappa shape index (κ3) is 6.79. The SMILES string of the molecule is CC(=O)[C@H](C)OC(=O)[C@H](C)O.O=C1O[C@@H](O)C(=O)O[C@H]1O. The number of hydrogen-bond acceptors (Lipinski definition) is 10. The van der Waals surface area contributed by atoms with Crippen LogP contribution in [0.1, 0.15) is 20.8 Å². The van der Waals surface area contributed by atoms with E-state index in [9.17, 15) is 19.2 Å². The number of aliphatic hydroxyl groups excluding tert-OH is 3. The number of Topliss-reactive ketones (excluding diaryl/α,β-unsaturated/α-hetero) is 1. The lowest BCUT2D eigenvalue weighted by Gasteiger charge is -2.19. The molecule has 1 aliphatic rings. The van der Waals surface area contributed by atoms with Gasteiger partial charge in [-0.1, -0.05) is 0 Å². The van der Waals surface area contributed by atoms with Crippen LogP contribution in [-0.2, 0) is 33.4 Å². The summed E-state index contributed by atoms with van der Waals surface area (Å²) in [7, 11) is 0. The molecule has 10 heteroatoms. The Morgan fingerprint density at radius 1 is 1.10 bits per heavy atom. The van der Waals surface area contributed by atoms with Crippen LogP contribution >= 0.6 is 0 Å². The van der Waals surface area contributed by atoms with Gasteiger partial charge in [0.1, 0.15) is 6.10 Å². The Bertz CT molecular complexity index is 395. The van der Waals surface area contributed by atoms with Crippen LogP contribution in [0.15, 0.2) is 0 Å². The zero-order chi connectivity index (χ0) is 16.7. The molecule has 0 aromatic heterocycles. The Labute approximate surface area is 119 Å². The molecule has 1 saturated heterocycles. The monoisotopic (exact) mass is 308 g/mol. The van der Waals surface area contributed by atoms with Gasteiger partial charge in [0.25, 0.3) is 12.6 Å². The summed E-state index contributed by atoms with van der Waals surface area (Å²) in [5, 5.41) is 25.5. The normalized spacial score (nSPS) is 23.7. The van der Waals surface area contributed by atoms with E-state index in [2.05, 4.69) is 14.2 Å². The first-order valence-corrected chi connectivity index (χ1v) is 5.72. The maximum Gasteiger partial charge on any atom is 0.379 e. The first-order chi connectivity index (χ1) is 9.56. The zero-order valence-electron chi connectivity index (χ0n) is 11.5. The van der Waals surface area contributed by atoms with Gasteiger partial charge >= 0.3 is 17.9 Å². The summed E-state index contributed by atoms with van der Waals surface area (Å²) in [6, 6.07) is 0. The molecule has 0 saturated carbocycles. The fourth-order valence-corrected chi connectivity index (χ4v) is 0.788. The summed E-state index contributed by atoms with van der Waals surface area (Å²) in [5.41, 5.74) is 0. The number of aliphatic hydroxyl groups is 3. The van der Waals surface area contributed by atoms with Crippen LogP contribution < -0.4 is 0 Å². The number of hydrogen-bond donors (Lipinski definition) is 3. The summed E-state index contributed by atoms with van der Waals surface area (Å²) in [4.78, 5) is 41.7. The molecule has 1 heterocycles. The lowest BCUT2D eigenvalue weighted by atomic mass is 10.3. The molecule has 10 nitrogen and oxygen atoms in total. The van der Waals surface area contributed by atoms with Crippen molar-refractivity contribution in [3.63, 3.8) is 0 Å². The zero-order valence-corrected chi connectivity index (χ0v) is 11.5. The van der Waals surface area contributed by atoms with Gasteiger partial charge in [-0.15, -0.1) is 0 Å². The molecule has 0 amide bonds. The predicted octanol–water partition coefficient (Wildman–Crippen LogP) is -2.39. The third-order valence-electron chi connectivity index (χ3n) is 2.07. The molecule has 0 radical (unpaired) electrons. The Balaban J connectivity index is 0.000000382. The highest BCUT2D eigenvalue weighted by Gasteiger charge is 2.35. The lowest BCUT2D eigenvalue weighted by molar-refractivity contribution is -0.240. The van der Waals surface area contributed by atoms with Crippen molar-refractivity contribution in [2.24, 2.45) is 0 Å². The van der Waals surface area contributed by atoms with Gasteiger partial charge in [0.15, 0.2) is 11.9 Å². The van der Waals surface area contributed by atoms with Gasteiger partial charge in [0.05, 0.1) is 0 Å². The Kier molecular flexibility index (Phi) is 7.49. The highest BCUT2D eigenvalue weighted by molar-refractivity contribution is 5.85. The van der Waals surface area contributed by atoms with Crippen molar-refractivity contribution in [3.8, 4) is 0 Å². The highest BCUT2D eigenvalue weighted by Crippen LogP contribution is 2.05. The maximum atomic E-state index is 10.6. The second-order valence-corrected chi connectivity index (χ2v) is 3.94. The van der Waals surface area contributed by atoms with Crippen molar-refractivity contribution in [3.05, 3.63) is 0 Å². The van der Waals surface area contributed by atoms with Crippen molar-refractivity contribution in [2.75, 3.05) is 0 Å². The topological polar surface area (TPSA) is 157 Å². The smallest absolute Gasteiger partial charge is 0.379 e. The molecule has 0 aliphatic carbocycles. The first-order valence-electron chi connectivity index (χ1n) is 5.72.